The van der Waals surface area contributed by atoms with E-state index in [2.05, 4.69) is 25.0 Å². The maximum atomic E-state index is 12.8. The van der Waals surface area contributed by atoms with Crippen LogP contribution in [0, 0.1) is 0 Å². The molecule has 2 N–H and O–H groups in total. The van der Waals surface area contributed by atoms with Crippen LogP contribution >= 0.6 is 11.6 Å². The highest BCUT2D eigenvalue weighted by atomic mass is 35.5. The number of nitrogens with one attached hydrogen (secondary N) is 2. The summed E-state index contributed by atoms with van der Waals surface area (Å²) in [4.78, 5) is 12.2. The molecule has 0 fully saturated rings. The van der Waals surface area contributed by atoms with Gasteiger partial charge in [-0.2, -0.15) is 4.98 Å². The molecule has 9 nitrogen and oxygen atoms in total. The number of ether oxygens (including phenoxy) is 2. The maximum Gasteiger partial charge on any atom is 0.263 e. The number of methoxy groups -OCH3 is 2. The van der Waals surface area contributed by atoms with Crippen LogP contribution in [0.1, 0.15) is 0 Å². The summed E-state index contributed by atoms with van der Waals surface area (Å²) in [5.41, 5.74) is 2.27. The van der Waals surface area contributed by atoms with Gasteiger partial charge in [0.2, 0.25) is 5.75 Å². The Balaban J connectivity index is 1.58. The number of aromatic nitrogens is 3. The maximum absolute atomic E-state index is 12.8. The molecule has 0 spiro atoms. The van der Waals surface area contributed by atoms with Crippen LogP contribution in [-0.2, 0) is 10.0 Å². The van der Waals surface area contributed by atoms with Gasteiger partial charge >= 0.3 is 0 Å². The standard InChI is InChI=1S/C21H18ClN5O4S/c1-30-19-20(24-12-25-21(19)31-2)27-32(28,29)15-6-4-14(5-7-15)26-17-9-10-23-18-11-13(22)3-8-16(17)18/h3-12H,1-2H3,(H,23,26)(H,24,25,27). The van der Waals surface area contributed by atoms with Crippen LogP contribution in [-0.4, -0.2) is 37.6 Å². The third kappa shape index (κ3) is 4.36. The largest absolute Gasteiger partial charge is 0.489 e. The molecule has 0 radical (unpaired) electrons. The first-order chi connectivity index (χ1) is 15.4. The monoisotopic (exact) mass is 471 g/mol. The molecule has 0 amide bonds. The Morgan fingerprint density at radius 2 is 1.72 bits per heavy atom. The molecule has 4 aromatic rings. The summed E-state index contributed by atoms with van der Waals surface area (Å²) in [6.07, 6.45) is 2.85. The SMILES string of the molecule is COc1ncnc(NS(=O)(=O)c2ccc(Nc3ccnc4cc(Cl)ccc34)cc2)c1OC. The van der Waals surface area contributed by atoms with E-state index in [4.69, 9.17) is 21.1 Å². The molecular formula is C21H18ClN5O4S. The number of pyridine rings is 1. The van der Waals surface area contributed by atoms with E-state index in [-0.39, 0.29) is 22.3 Å². The van der Waals surface area contributed by atoms with Crippen LogP contribution in [0.3, 0.4) is 0 Å². The third-order valence-electron chi connectivity index (χ3n) is 4.55. The molecule has 0 aliphatic heterocycles. The first-order valence-electron chi connectivity index (χ1n) is 9.28. The normalized spacial score (nSPS) is 11.2. The number of nitrogens with zero attached hydrogens (tertiary/aromatic N) is 3. The van der Waals surface area contributed by atoms with Crippen molar-refractivity contribution in [1.29, 1.82) is 0 Å². The van der Waals surface area contributed by atoms with Crippen LogP contribution < -0.4 is 19.5 Å². The van der Waals surface area contributed by atoms with Gasteiger partial charge in [0, 0.05) is 28.0 Å². The predicted molar refractivity (Wildman–Crippen MR) is 122 cm³/mol. The number of anilines is 3. The highest BCUT2D eigenvalue weighted by Gasteiger charge is 2.20. The Kier molecular flexibility index (Phi) is 5.97. The van der Waals surface area contributed by atoms with Gasteiger partial charge in [-0.1, -0.05) is 11.6 Å². The van der Waals surface area contributed by atoms with Crippen molar-refractivity contribution in [1.82, 2.24) is 15.0 Å². The zero-order valence-electron chi connectivity index (χ0n) is 17.0. The van der Waals surface area contributed by atoms with Crippen molar-refractivity contribution in [3.8, 4) is 11.6 Å². The van der Waals surface area contributed by atoms with Crippen LogP contribution in [0.4, 0.5) is 17.2 Å². The van der Waals surface area contributed by atoms with E-state index in [1.807, 2.05) is 12.1 Å². The predicted octanol–water partition coefficient (Wildman–Crippen LogP) is 4.24. The summed E-state index contributed by atoms with van der Waals surface area (Å²) in [5.74, 6) is 0.176. The average Bonchev–Trinajstić information content (AvgIpc) is 2.79. The van der Waals surface area contributed by atoms with Gasteiger partial charge in [-0.3, -0.25) is 9.71 Å². The Labute approximate surface area is 189 Å². The smallest absolute Gasteiger partial charge is 0.263 e. The van der Waals surface area contributed by atoms with Gasteiger partial charge in [0.25, 0.3) is 15.9 Å². The van der Waals surface area contributed by atoms with Crippen LogP contribution in [0.2, 0.25) is 5.02 Å². The minimum atomic E-state index is -3.93. The van der Waals surface area contributed by atoms with Crippen molar-refractivity contribution < 1.29 is 17.9 Å². The first kappa shape index (κ1) is 21.6. The molecule has 0 atom stereocenters. The molecule has 2 aromatic heterocycles. The zero-order chi connectivity index (χ0) is 22.7. The van der Waals surface area contributed by atoms with Gasteiger partial charge in [0.15, 0.2) is 5.82 Å². The lowest BCUT2D eigenvalue weighted by Crippen LogP contribution is -2.15. The molecule has 2 heterocycles. The van der Waals surface area contributed by atoms with Gasteiger partial charge in [-0.15, -0.1) is 0 Å². The molecule has 0 unspecified atom stereocenters. The number of benzene rings is 2. The fourth-order valence-corrected chi connectivity index (χ4v) is 4.23. The van der Waals surface area contributed by atoms with E-state index in [1.54, 1.807) is 30.5 Å². The second-order valence-electron chi connectivity index (χ2n) is 6.54. The lowest BCUT2D eigenvalue weighted by Gasteiger charge is -2.13. The topological polar surface area (TPSA) is 115 Å². The zero-order valence-corrected chi connectivity index (χ0v) is 18.6. The quantitative estimate of drug-likeness (QED) is 0.411. The van der Waals surface area contributed by atoms with Gasteiger partial charge in [0.1, 0.15) is 6.33 Å². The summed E-state index contributed by atoms with van der Waals surface area (Å²) in [7, 11) is -1.16. The minimum absolute atomic E-state index is 0.0246. The number of rotatable bonds is 7. The summed E-state index contributed by atoms with van der Waals surface area (Å²) >= 11 is 6.04. The van der Waals surface area contributed by atoms with E-state index in [0.29, 0.717) is 10.7 Å². The highest BCUT2D eigenvalue weighted by molar-refractivity contribution is 7.92. The lowest BCUT2D eigenvalue weighted by molar-refractivity contribution is 0.342. The van der Waals surface area contributed by atoms with Crippen molar-refractivity contribution >= 4 is 49.7 Å². The molecule has 32 heavy (non-hydrogen) atoms. The molecule has 0 bridgehead atoms. The number of halogens is 1. The van der Waals surface area contributed by atoms with Crippen molar-refractivity contribution in [2.75, 3.05) is 24.3 Å². The van der Waals surface area contributed by atoms with E-state index in [9.17, 15) is 8.42 Å². The molecular weight excluding hydrogens is 454 g/mol. The van der Waals surface area contributed by atoms with E-state index in [0.717, 1.165) is 16.6 Å². The molecule has 4 rings (SSSR count). The number of sulfonamides is 1. The molecule has 164 valence electrons. The first-order valence-corrected chi connectivity index (χ1v) is 11.1. The Hall–Kier alpha value is -3.63. The van der Waals surface area contributed by atoms with E-state index >= 15 is 0 Å². The highest BCUT2D eigenvalue weighted by Crippen LogP contribution is 2.32. The van der Waals surface area contributed by atoms with Crippen molar-refractivity contribution in [3.05, 3.63) is 66.1 Å². The minimum Gasteiger partial charge on any atom is -0.489 e. The summed E-state index contributed by atoms with van der Waals surface area (Å²) in [6.45, 7) is 0. The Morgan fingerprint density at radius 3 is 2.44 bits per heavy atom. The molecule has 11 heteroatoms. The second-order valence-corrected chi connectivity index (χ2v) is 8.66. The molecule has 0 saturated carbocycles. The fourth-order valence-electron chi connectivity index (χ4n) is 3.05. The lowest BCUT2D eigenvalue weighted by atomic mass is 10.2. The average molecular weight is 472 g/mol. The van der Waals surface area contributed by atoms with Gasteiger partial charge in [-0.25, -0.2) is 13.4 Å². The van der Waals surface area contributed by atoms with E-state index in [1.165, 1.54) is 32.7 Å². The van der Waals surface area contributed by atoms with Gasteiger partial charge in [0.05, 0.1) is 24.6 Å². The summed E-state index contributed by atoms with van der Waals surface area (Å²) < 4.78 is 38.3. The fraction of sp³-hybridized carbons (Fsp3) is 0.0952. The summed E-state index contributed by atoms with van der Waals surface area (Å²) in [5, 5.41) is 4.76. The van der Waals surface area contributed by atoms with Gasteiger partial charge < -0.3 is 14.8 Å². The molecule has 0 aliphatic carbocycles. The summed E-state index contributed by atoms with van der Waals surface area (Å²) in [6, 6.07) is 13.6. The van der Waals surface area contributed by atoms with E-state index < -0.39 is 10.0 Å². The van der Waals surface area contributed by atoms with Crippen LogP contribution in [0.5, 0.6) is 11.6 Å². The van der Waals surface area contributed by atoms with Crippen LogP contribution in [0.15, 0.2) is 66.0 Å². The Morgan fingerprint density at radius 1 is 0.938 bits per heavy atom. The molecule has 0 aliphatic rings. The Bertz CT molecular complexity index is 1380. The second kappa shape index (κ2) is 8.85. The van der Waals surface area contributed by atoms with Crippen LogP contribution in [0.25, 0.3) is 10.9 Å². The molecule has 2 aromatic carbocycles. The molecule has 0 saturated heterocycles. The number of hydrogen-bond acceptors (Lipinski definition) is 8. The number of hydrogen-bond donors (Lipinski definition) is 2. The number of fused-ring (bicyclic) bond motifs is 1. The van der Waals surface area contributed by atoms with Crippen molar-refractivity contribution in [2.24, 2.45) is 0 Å². The van der Waals surface area contributed by atoms with Crippen molar-refractivity contribution in [2.45, 2.75) is 4.90 Å². The third-order valence-corrected chi connectivity index (χ3v) is 6.14. The van der Waals surface area contributed by atoms with Gasteiger partial charge in [-0.05, 0) is 48.5 Å². The van der Waals surface area contributed by atoms with Crippen molar-refractivity contribution in [3.63, 3.8) is 0 Å².